The second-order valence-electron chi connectivity index (χ2n) is 34.1. The fourth-order valence-electron chi connectivity index (χ4n) is 13.7. The fourth-order valence-corrected chi connectivity index (χ4v) is 13.7. The number of carbonyl (C=O) groups is 23. The van der Waals surface area contributed by atoms with Gasteiger partial charge in [-0.15, -0.1) is 0 Å². The first kappa shape index (κ1) is 116. The summed E-state index contributed by atoms with van der Waals surface area (Å²) >= 11 is 0. The Kier molecular flexibility index (Phi) is 49.3. The van der Waals surface area contributed by atoms with E-state index in [2.05, 4.69) is 95.7 Å². The lowest BCUT2D eigenvalue weighted by Gasteiger charge is -2.30. The third kappa shape index (κ3) is 39.9. The lowest BCUT2D eigenvalue weighted by atomic mass is 10.0. The monoisotopic (exact) mass is 1920 g/mol. The molecule has 0 aliphatic carbocycles. The van der Waals surface area contributed by atoms with E-state index < -0.39 is 315 Å². The van der Waals surface area contributed by atoms with Crippen LogP contribution in [0.1, 0.15) is 153 Å². The molecule has 0 saturated carbocycles. The van der Waals surface area contributed by atoms with Crippen molar-refractivity contribution in [2.45, 2.75) is 269 Å². The summed E-state index contributed by atoms with van der Waals surface area (Å²) in [7, 11) is 0. The van der Waals surface area contributed by atoms with Gasteiger partial charge < -0.3 is 153 Å². The summed E-state index contributed by atoms with van der Waals surface area (Å²) in [4.78, 5) is 306. The second-order valence-corrected chi connectivity index (χ2v) is 34.1. The Morgan fingerprint density at radius 3 is 1.23 bits per heavy atom. The van der Waals surface area contributed by atoms with Crippen molar-refractivity contribution in [1.29, 1.82) is 0 Å². The Bertz CT molecular complexity index is 4340. The van der Waals surface area contributed by atoms with Gasteiger partial charge in [0.2, 0.25) is 118 Å². The average Bonchev–Trinajstić information content (AvgIpc) is 1.72. The summed E-state index contributed by atoms with van der Waals surface area (Å²) in [5.41, 5.74) is 5.86. The summed E-state index contributed by atoms with van der Waals surface area (Å²) in [5, 5.41) is 125. The van der Waals surface area contributed by atoms with E-state index in [4.69, 9.17) is 10.8 Å². The molecule has 1 aromatic carbocycles. The van der Waals surface area contributed by atoms with Crippen LogP contribution in [-0.2, 0) is 117 Å². The number of nitrogens with zero attached hydrogens (tertiary/aromatic N) is 1. The molecule has 2 aliphatic heterocycles. The first-order valence-electron chi connectivity index (χ1n) is 43.8. The molecule has 52 heteroatoms. The summed E-state index contributed by atoms with van der Waals surface area (Å²) < 4.78 is 0. The van der Waals surface area contributed by atoms with Gasteiger partial charge in [0.25, 0.3) is 0 Å². The van der Waals surface area contributed by atoms with E-state index in [1.54, 1.807) is 58.0 Å². The number of aliphatic carboxylic acids is 3. The van der Waals surface area contributed by atoms with E-state index in [1.807, 2.05) is 5.32 Å². The molecule has 754 valence electrons. The van der Waals surface area contributed by atoms with Crippen LogP contribution < -0.4 is 107 Å². The first-order chi connectivity index (χ1) is 63.3. The number of nitrogens with two attached hydrogens (primary N) is 1. The van der Waals surface area contributed by atoms with Gasteiger partial charge in [0.15, 0.2) is 0 Å². The number of aliphatic hydroxyl groups excluding tert-OH is 5. The quantitative estimate of drug-likeness (QED) is 0.0288. The van der Waals surface area contributed by atoms with Crippen LogP contribution in [0.5, 0.6) is 0 Å². The average molecular weight is 1920 g/mol. The second kappa shape index (κ2) is 57.4. The lowest BCUT2D eigenvalue weighted by molar-refractivity contribution is -0.147. The van der Waals surface area contributed by atoms with Crippen molar-refractivity contribution < 1.29 is 151 Å². The highest BCUT2D eigenvalue weighted by molar-refractivity contribution is 6.02. The van der Waals surface area contributed by atoms with Crippen molar-refractivity contribution in [3.63, 3.8) is 0 Å². The molecular weight excluding hydrogens is 1790 g/mol. The number of carboxylic acid groups (broad SMARTS) is 3. The van der Waals surface area contributed by atoms with Crippen LogP contribution >= 0.6 is 0 Å². The smallest absolute Gasteiger partial charge is 0.326 e. The molecule has 2 saturated heterocycles. The summed E-state index contributed by atoms with van der Waals surface area (Å²) in [6, 6.07) is -20.3. The maximum Gasteiger partial charge on any atom is 0.326 e. The van der Waals surface area contributed by atoms with Crippen LogP contribution in [-0.4, -0.2) is 349 Å². The first-order valence-corrected chi connectivity index (χ1v) is 43.8. The van der Waals surface area contributed by atoms with Crippen LogP contribution in [0.3, 0.4) is 0 Å². The van der Waals surface area contributed by atoms with Crippen LogP contribution in [0.25, 0.3) is 0 Å². The van der Waals surface area contributed by atoms with Crippen molar-refractivity contribution in [1.82, 2.24) is 106 Å². The zero-order chi connectivity index (χ0) is 102. The van der Waals surface area contributed by atoms with Gasteiger partial charge in [0.1, 0.15) is 103 Å². The molecule has 0 unspecified atom stereocenters. The van der Waals surface area contributed by atoms with Gasteiger partial charge >= 0.3 is 17.9 Å². The molecule has 2 heterocycles. The molecule has 52 nitrogen and oxygen atoms in total. The highest BCUT2D eigenvalue weighted by Crippen LogP contribution is 2.21. The third-order valence-electron chi connectivity index (χ3n) is 21.1. The van der Waals surface area contributed by atoms with E-state index in [0.717, 1.165) is 25.7 Å². The van der Waals surface area contributed by atoms with Gasteiger partial charge in [0.05, 0.1) is 64.5 Å². The number of primary amides is 1. The number of rotatable bonds is 58. The molecule has 20 amide bonds. The van der Waals surface area contributed by atoms with Gasteiger partial charge in [0, 0.05) is 19.4 Å². The molecule has 1 aromatic rings. The van der Waals surface area contributed by atoms with E-state index in [1.165, 1.54) is 34.6 Å². The number of nitrogens with one attached hydrogen (secondary N) is 19. The van der Waals surface area contributed by atoms with E-state index in [-0.39, 0.29) is 63.3 Å². The van der Waals surface area contributed by atoms with Crippen LogP contribution in [0.15, 0.2) is 30.3 Å². The van der Waals surface area contributed by atoms with Crippen molar-refractivity contribution >= 4 is 136 Å². The molecule has 19 atom stereocenters. The van der Waals surface area contributed by atoms with E-state index in [9.17, 15) is 146 Å². The van der Waals surface area contributed by atoms with E-state index in [0.29, 0.717) is 24.9 Å². The maximum atomic E-state index is 14.0. The zero-order valence-electron chi connectivity index (χ0n) is 77.1. The largest absolute Gasteiger partial charge is 0.481 e. The summed E-state index contributed by atoms with van der Waals surface area (Å²) in [6.07, 6.45) is -3.55. The molecule has 135 heavy (non-hydrogen) atoms. The van der Waals surface area contributed by atoms with Crippen molar-refractivity contribution in [3.05, 3.63) is 35.9 Å². The van der Waals surface area contributed by atoms with Gasteiger partial charge in [-0.2, -0.15) is 0 Å². The Morgan fingerprint density at radius 2 is 0.785 bits per heavy atom. The highest BCUT2D eigenvalue weighted by Gasteiger charge is 2.43. The number of hydrogen-bond donors (Lipinski definition) is 28. The third-order valence-corrected chi connectivity index (χ3v) is 21.1. The van der Waals surface area contributed by atoms with Crippen LogP contribution in [0.4, 0.5) is 0 Å². The number of carboxylic acids is 3. The van der Waals surface area contributed by atoms with E-state index >= 15 is 0 Å². The van der Waals surface area contributed by atoms with Gasteiger partial charge in [-0.05, 0) is 108 Å². The predicted molar refractivity (Wildman–Crippen MR) is 469 cm³/mol. The minimum absolute atomic E-state index is 0.0360. The van der Waals surface area contributed by atoms with Crippen molar-refractivity contribution in [2.24, 2.45) is 29.4 Å². The molecule has 0 bridgehead atoms. The molecule has 0 spiro atoms. The molecule has 29 N–H and O–H groups in total. The zero-order valence-corrected chi connectivity index (χ0v) is 77.1. The minimum Gasteiger partial charge on any atom is -0.481 e. The topological polar surface area (TPSA) is 812 Å². The molecule has 0 aromatic heterocycles. The van der Waals surface area contributed by atoms with Crippen molar-refractivity contribution in [3.8, 4) is 0 Å². The number of hydrogen-bond acceptors (Lipinski definition) is 29. The SMILES string of the molecule is CC(C)C[C@H](NC(=O)[C@H](CO)NC(=O)[C@@H](NC(=O)[C@H](CO)NC(=O)[C@H](CO)NC(=O)[C@H](Cc1ccccc1)NC(=O)[C@H](CCC(N)=O)NC(=O)[C@@H]1CCCN1)C(C)C)C(=O)NCC(=O)N[C@@H](C)C(=O)NCC(=O)N[C@@H](C)C(=O)N[C@@H](CC(=O)O)C(=O)N[C@@H](C)C(=O)N1CCC[C@H]1C(=O)N[C@H](C(=O)N[C@@H](CC(C)C)C(=O)N[C@@H](CO)C(=O)N[C@H](C(=O)N[C@@H](CC(=O)O)C(=O)O)C(C)C)[C@@H](C)O. The highest BCUT2D eigenvalue weighted by atomic mass is 16.4. The van der Waals surface area contributed by atoms with Gasteiger partial charge in [-0.25, -0.2) is 4.79 Å². The van der Waals surface area contributed by atoms with Gasteiger partial charge in [-0.1, -0.05) is 85.7 Å². The number of amides is 20. The number of likely N-dealkylation sites (tertiary alicyclic amines) is 1. The Hall–Kier alpha value is -13.2. The number of aliphatic hydroxyl groups is 5. The predicted octanol–water partition coefficient (Wildman–Crippen LogP) is -11.9. The lowest BCUT2D eigenvalue weighted by Crippen LogP contribution is -2.62. The van der Waals surface area contributed by atoms with Gasteiger partial charge in [-0.3, -0.25) is 105 Å². The summed E-state index contributed by atoms with van der Waals surface area (Å²) in [5.74, 6) is -27.9. The molecular formula is C83H131N21O31. The van der Waals surface area contributed by atoms with Crippen molar-refractivity contribution in [2.75, 3.05) is 52.6 Å². The maximum absolute atomic E-state index is 14.0. The fraction of sp³-hybridized carbons (Fsp3) is 0.651. The molecule has 2 aliphatic rings. The minimum atomic E-state index is -1.93. The van der Waals surface area contributed by atoms with Crippen LogP contribution in [0, 0.1) is 23.7 Å². The normalized spacial score (nSPS) is 17.2. The standard InChI is InChI=1S/C83H131N21O31/c1-37(2)26-48(93-74(125)54(34-106)100-80(131)64(40(7)8)102-77(128)56(36-108)99-75(126)53(33-105)97-73(124)50(28-45-18-14-13-15-19-45)94-70(121)47(22-23-58(84)110)91-69(120)46-20-16-24-85-46)68(119)87-32-60(112)88-41(9)66(117)86-31-59(111)89-42(10)67(118)92-51(29-61(113)114)71(122)90-43(11)82(133)104-25-17-21-57(104)78(129)103-65(44(12)109)81(132)95-49(27-38(3)4)72(123)98-55(35-107)76(127)101-63(39(5)6)79(130)96-52(83(134)135)30-62(115)116/h13-15,18-19,37-44,46-57,63-65,85,105-109H,16-17,20-36H2,1-12H3,(H2,84,110)(H,86,117)(H,87,119)(H,88,112)(H,89,111)(H,90,122)(H,91,120)(H,92,118)(H,93,125)(H,94,121)(H,95,132)(H,96,130)(H,97,124)(H,98,123)(H,99,126)(H,100,131)(H,101,127)(H,102,128)(H,103,129)(H,113,114)(H,115,116)(H,134,135)/t41-,42-,43-,44+,46-,47-,48-,49-,50-,51-,52-,53-,54-,55-,56-,57-,63-,64-,65-/m0/s1. The number of benzene rings is 1. The Labute approximate surface area is 776 Å². The van der Waals surface area contributed by atoms with Crippen LogP contribution in [0.2, 0.25) is 0 Å². The Balaban J connectivity index is 1.58. The molecule has 2 fully saturated rings. The Morgan fingerprint density at radius 1 is 0.393 bits per heavy atom. The molecule has 0 radical (unpaired) electrons. The molecule has 3 rings (SSSR count). The summed E-state index contributed by atoms with van der Waals surface area (Å²) in [6.45, 7) is 11.3. The number of carbonyl (C=O) groups excluding carboxylic acids is 20.